The van der Waals surface area contributed by atoms with Gasteiger partial charge in [-0.25, -0.2) is 9.59 Å². The van der Waals surface area contributed by atoms with Gasteiger partial charge in [-0.05, 0) is 45.1 Å². The number of rotatable bonds is 5. The number of aliphatic hydroxyl groups is 1. The molecule has 1 saturated heterocycles. The van der Waals surface area contributed by atoms with Crippen molar-refractivity contribution in [3.63, 3.8) is 0 Å². The molecule has 27 heavy (non-hydrogen) atoms. The second kappa shape index (κ2) is 9.60. The zero-order valence-corrected chi connectivity index (χ0v) is 16.3. The molecular formula is C20H30N2O5. The molecule has 1 aromatic carbocycles. The Morgan fingerprint density at radius 3 is 2.44 bits per heavy atom. The Morgan fingerprint density at radius 2 is 1.85 bits per heavy atom. The van der Waals surface area contributed by atoms with Gasteiger partial charge in [-0.2, -0.15) is 0 Å². The van der Waals surface area contributed by atoms with Crippen LogP contribution in [0.3, 0.4) is 0 Å². The molecule has 0 saturated carbocycles. The van der Waals surface area contributed by atoms with Crippen LogP contribution in [0.2, 0.25) is 0 Å². The zero-order chi connectivity index (χ0) is 19.9. The van der Waals surface area contributed by atoms with E-state index in [-0.39, 0.29) is 25.2 Å². The number of hydrogen-bond donors (Lipinski definition) is 2. The van der Waals surface area contributed by atoms with Gasteiger partial charge in [-0.3, -0.25) is 0 Å². The van der Waals surface area contributed by atoms with Crippen molar-refractivity contribution in [3.8, 4) is 0 Å². The lowest BCUT2D eigenvalue weighted by atomic mass is 9.91. The van der Waals surface area contributed by atoms with E-state index in [1.165, 1.54) is 0 Å². The Kier molecular flexibility index (Phi) is 7.47. The van der Waals surface area contributed by atoms with Crippen molar-refractivity contribution in [1.82, 2.24) is 10.2 Å². The van der Waals surface area contributed by atoms with Crippen LogP contribution in [0.4, 0.5) is 9.59 Å². The van der Waals surface area contributed by atoms with Crippen LogP contribution in [0, 0.1) is 5.92 Å². The lowest BCUT2D eigenvalue weighted by molar-refractivity contribution is 0.0341. The minimum absolute atomic E-state index is 0.0260. The highest BCUT2D eigenvalue weighted by molar-refractivity contribution is 5.68. The van der Waals surface area contributed by atoms with E-state index < -0.39 is 17.8 Å². The number of nitrogens with one attached hydrogen (secondary N) is 1. The molecule has 1 aromatic rings. The predicted octanol–water partition coefficient (Wildman–Crippen LogP) is 2.92. The number of likely N-dealkylation sites (tertiary alicyclic amines) is 1. The van der Waals surface area contributed by atoms with Crippen LogP contribution in [0.25, 0.3) is 0 Å². The third kappa shape index (κ3) is 7.46. The average molecular weight is 378 g/mol. The maximum absolute atomic E-state index is 12.2. The number of carbonyl (C=O) groups excluding carboxylic acids is 2. The third-order valence-corrected chi connectivity index (χ3v) is 4.40. The van der Waals surface area contributed by atoms with Crippen LogP contribution in [0.15, 0.2) is 30.3 Å². The Morgan fingerprint density at radius 1 is 1.22 bits per heavy atom. The van der Waals surface area contributed by atoms with Crippen LogP contribution in [-0.2, 0) is 16.1 Å². The number of amides is 2. The lowest BCUT2D eigenvalue weighted by Gasteiger charge is -2.33. The molecule has 1 fully saturated rings. The molecule has 0 radical (unpaired) electrons. The quantitative estimate of drug-likeness (QED) is 0.822. The van der Waals surface area contributed by atoms with Crippen molar-refractivity contribution < 1.29 is 24.2 Å². The summed E-state index contributed by atoms with van der Waals surface area (Å²) in [5, 5.41) is 12.9. The van der Waals surface area contributed by atoms with Crippen LogP contribution in [0.1, 0.15) is 39.2 Å². The van der Waals surface area contributed by atoms with Crippen molar-refractivity contribution in [2.24, 2.45) is 5.92 Å². The van der Waals surface area contributed by atoms with Crippen molar-refractivity contribution >= 4 is 12.2 Å². The first-order valence-electron chi connectivity index (χ1n) is 9.35. The fourth-order valence-electron chi connectivity index (χ4n) is 2.95. The van der Waals surface area contributed by atoms with Crippen LogP contribution >= 0.6 is 0 Å². The number of carbonyl (C=O) groups is 2. The van der Waals surface area contributed by atoms with E-state index in [1.807, 2.05) is 30.3 Å². The summed E-state index contributed by atoms with van der Waals surface area (Å²) in [5.74, 6) is 0.0260. The smallest absolute Gasteiger partial charge is 0.410 e. The molecule has 0 bridgehead atoms. The normalized spacial score (nSPS) is 16.5. The number of benzene rings is 1. The molecule has 1 aliphatic rings. The van der Waals surface area contributed by atoms with Crippen LogP contribution in [0.5, 0.6) is 0 Å². The molecule has 0 spiro atoms. The Bertz CT molecular complexity index is 607. The highest BCUT2D eigenvalue weighted by Crippen LogP contribution is 2.21. The third-order valence-electron chi connectivity index (χ3n) is 4.40. The van der Waals surface area contributed by atoms with Gasteiger partial charge >= 0.3 is 12.2 Å². The second-order valence-electron chi connectivity index (χ2n) is 7.81. The van der Waals surface area contributed by atoms with Gasteiger partial charge in [0.05, 0.1) is 6.10 Å². The zero-order valence-electron chi connectivity index (χ0n) is 16.3. The van der Waals surface area contributed by atoms with Crippen LogP contribution in [-0.4, -0.2) is 53.5 Å². The van der Waals surface area contributed by atoms with Crippen molar-refractivity contribution in [1.29, 1.82) is 0 Å². The fraction of sp³-hybridized carbons (Fsp3) is 0.600. The number of hydrogen-bond acceptors (Lipinski definition) is 5. The number of alkyl carbamates (subject to hydrolysis) is 1. The summed E-state index contributed by atoms with van der Waals surface area (Å²) in [6, 6.07) is 9.54. The van der Waals surface area contributed by atoms with Gasteiger partial charge < -0.3 is 24.8 Å². The van der Waals surface area contributed by atoms with Gasteiger partial charge in [0.2, 0.25) is 0 Å². The summed E-state index contributed by atoms with van der Waals surface area (Å²) in [4.78, 5) is 25.5. The number of ether oxygens (including phenoxy) is 2. The minimum atomic E-state index is -0.667. The molecule has 7 nitrogen and oxygen atoms in total. The molecule has 0 aromatic heterocycles. The summed E-state index contributed by atoms with van der Waals surface area (Å²) in [6.45, 7) is 6.81. The summed E-state index contributed by atoms with van der Waals surface area (Å²) >= 11 is 0. The highest BCUT2D eigenvalue weighted by Gasteiger charge is 2.28. The average Bonchev–Trinajstić information content (AvgIpc) is 2.64. The largest absolute Gasteiger partial charge is 0.445 e. The highest BCUT2D eigenvalue weighted by atomic mass is 16.6. The number of piperidine rings is 1. The standard InChI is InChI=1S/C20H30N2O5/c1-20(2,3)27-18(24)21-13-17(23)16-9-11-22(12-10-16)19(25)26-14-15-7-5-4-6-8-15/h4-8,16-17,23H,9-14H2,1-3H3,(H,21,24). The topological polar surface area (TPSA) is 88.1 Å². The Hall–Kier alpha value is -2.28. The van der Waals surface area contributed by atoms with Gasteiger partial charge in [0.15, 0.2) is 0 Å². The summed E-state index contributed by atoms with van der Waals surface area (Å²) in [5.41, 5.74) is 0.380. The molecule has 1 aliphatic heterocycles. The Balaban J connectivity index is 1.68. The van der Waals surface area contributed by atoms with Gasteiger partial charge in [0.1, 0.15) is 12.2 Å². The number of nitrogens with zero attached hydrogens (tertiary/aromatic N) is 1. The summed E-state index contributed by atoms with van der Waals surface area (Å²) < 4.78 is 10.5. The van der Waals surface area contributed by atoms with Crippen molar-refractivity contribution in [3.05, 3.63) is 35.9 Å². The van der Waals surface area contributed by atoms with E-state index >= 15 is 0 Å². The predicted molar refractivity (Wildman–Crippen MR) is 101 cm³/mol. The number of aliphatic hydroxyl groups excluding tert-OH is 1. The molecule has 150 valence electrons. The van der Waals surface area contributed by atoms with Gasteiger partial charge in [-0.1, -0.05) is 30.3 Å². The Labute approximate surface area is 160 Å². The molecule has 1 heterocycles. The molecule has 2 amide bonds. The van der Waals surface area contributed by atoms with E-state index in [0.29, 0.717) is 25.9 Å². The monoisotopic (exact) mass is 378 g/mol. The van der Waals surface area contributed by atoms with E-state index in [9.17, 15) is 14.7 Å². The first-order chi connectivity index (χ1) is 12.7. The molecule has 7 heteroatoms. The van der Waals surface area contributed by atoms with E-state index in [2.05, 4.69) is 5.32 Å². The van der Waals surface area contributed by atoms with Crippen molar-refractivity contribution in [2.75, 3.05) is 19.6 Å². The maximum atomic E-state index is 12.2. The molecule has 0 aliphatic carbocycles. The molecule has 1 atom stereocenters. The molecule has 2 rings (SSSR count). The fourth-order valence-corrected chi connectivity index (χ4v) is 2.95. The minimum Gasteiger partial charge on any atom is -0.445 e. The van der Waals surface area contributed by atoms with E-state index in [1.54, 1.807) is 25.7 Å². The van der Waals surface area contributed by atoms with Crippen LogP contribution < -0.4 is 5.32 Å². The maximum Gasteiger partial charge on any atom is 0.410 e. The summed E-state index contributed by atoms with van der Waals surface area (Å²) in [6.07, 6.45) is -0.211. The van der Waals surface area contributed by atoms with Crippen molar-refractivity contribution in [2.45, 2.75) is 51.9 Å². The van der Waals surface area contributed by atoms with Gasteiger partial charge in [0.25, 0.3) is 0 Å². The molecular weight excluding hydrogens is 348 g/mol. The van der Waals surface area contributed by atoms with E-state index in [0.717, 1.165) is 5.56 Å². The van der Waals surface area contributed by atoms with Gasteiger partial charge in [-0.15, -0.1) is 0 Å². The van der Waals surface area contributed by atoms with Gasteiger partial charge in [0, 0.05) is 19.6 Å². The lowest BCUT2D eigenvalue weighted by Crippen LogP contribution is -2.45. The molecule has 2 N–H and O–H groups in total. The second-order valence-corrected chi connectivity index (χ2v) is 7.81. The van der Waals surface area contributed by atoms with E-state index in [4.69, 9.17) is 9.47 Å². The molecule has 1 unspecified atom stereocenters. The summed E-state index contributed by atoms with van der Waals surface area (Å²) in [7, 11) is 0. The first-order valence-corrected chi connectivity index (χ1v) is 9.35. The first kappa shape index (κ1) is 21.0. The SMILES string of the molecule is CC(C)(C)OC(=O)NCC(O)C1CCN(C(=O)OCc2ccccc2)CC1.